The highest BCUT2D eigenvalue weighted by Crippen LogP contribution is 2.39. The summed E-state index contributed by atoms with van der Waals surface area (Å²) in [6.45, 7) is 3.58. The van der Waals surface area contributed by atoms with Crippen molar-refractivity contribution in [1.29, 1.82) is 5.26 Å². The number of nitriles is 1. The molecular formula is C16H14N2OS. The molecule has 0 spiro atoms. The van der Waals surface area contributed by atoms with Crippen LogP contribution >= 0.6 is 11.3 Å². The molecule has 0 aliphatic rings. The second-order valence-corrected chi connectivity index (χ2v) is 6.21. The molecule has 0 saturated carbocycles. The Kier molecular flexibility index (Phi) is 2.89. The smallest absolute Gasteiger partial charge is 0.0991 e. The maximum atomic E-state index is 10.3. The van der Waals surface area contributed by atoms with E-state index in [9.17, 15) is 5.11 Å². The molecule has 100 valence electrons. The molecule has 0 radical (unpaired) electrons. The third-order valence-electron chi connectivity index (χ3n) is 3.32. The van der Waals surface area contributed by atoms with Crippen molar-refractivity contribution >= 4 is 22.2 Å². The largest absolute Gasteiger partial charge is 0.385 e. The van der Waals surface area contributed by atoms with Crippen LogP contribution in [0.4, 0.5) is 0 Å². The number of hydrogen-bond acceptors (Lipinski definition) is 3. The van der Waals surface area contributed by atoms with E-state index in [1.54, 1.807) is 31.3 Å². The lowest BCUT2D eigenvalue weighted by Gasteiger charge is -2.17. The molecular weight excluding hydrogens is 268 g/mol. The molecule has 0 amide bonds. The molecule has 0 fully saturated rings. The number of rotatable bonds is 2. The van der Waals surface area contributed by atoms with Crippen LogP contribution in [0.1, 0.15) is 24.3 Å². The second-order valence-electron chi connectivity index (χ2n) is 5.30. The van der Waals surface area contributed by atoms with Crippen LogP contribution in [0.3, 0.4) is 0 Å². The first-order valence-corrected chi connectivity index (χ1v) is 7.20. The molecule has 0 aliphatic carbocycles. The van der Waals surface area contributed by atoms with E-state index in [4.69, 9.17) is 5.26 Å². The number of H-pyrrole nitrogens is 1. The van der Waals surface area contributed by atoms with Crippen LogP contribution < -0.4 is 0 Å². The van der Waals surface area contributed by atoms with Gasteiger partial charge in [0.05, 0.1) is 17.2 Å². The zero-order valence-corrected chi connectivity index (χ0v) is 12.1. The van der Waals surface area contributed by atoms with Gasteiger partial charge in [-0.05, 0) is 43.5 Å². The Morgan fingerprint density at radius 3 is 2.75 bits per heavy atom. The predicted octanol–water partition coefficient (Wildman–Crippen LogP) is 4.00. The zero-order valence-electron chi connectivity index (χ0n) is 11.3. The van der Waals surface area contributed by atoms with Gasteiger partial charge in [-0.1, -0.05) is 0 Å². The van der Waals surface area contributed by atoms with Crippen LogP contribution in [-0.4, -0.2) is 10.1 Å². The number of aromatic amines is 1. The summed E-state index contributed by atoms with van der Waals surface area (Å²) in [5.74, 6) is 0. The quantitative estimate of drug-likeness (QED) is 0.746. The Hall–Kier alpha value is -2.09. The van der Waals surface area contributed by atoms with Gasteiger partial charge in [0.1, 0.15) is 0 Å². The van der Waals surface area contributed by atoms with Gasteiger partial charge in [-0.15, -0.1) is 11.3 Å². The molecule has 0 unspecified atom stereocenters. The lowest BCUT2D eigenvalue weighted by molar-refractivity contribution is 0.0831. The van der Waals surface area contributed by atoms with E-state index < -0.39 is 5.60 Å². The molecule has 0 saturated heterocycles. The lowest BCUT2D eigenvalue weighted by atomic mass is 9.97. The number of benzene rings is 1. The minimum absolute atomic E-state index is 0.637. The Bertz CT molecular complexity index is 815. The van der Waals surface area contributed by atoms with Crippen LogP contribution in [-0.2, 0) is 5.60 Å². The van der Waals surface area contributed by atoms with Crippen LogP contribution in [0, 0.1) is 11.3 Å². The predicted molar refractivity (Wildman–Crippen MR) is 81.6 cm³/mol. The normalized spacial score (nSPS) is 11.7. The Balaban J connectivity index is 2.26. The van der Waals surface area contributed by atoms with Crippen molar-refractivity contribution in [3.05, 3.63) is 46.3 Å². The Morgan fingerprint density at radius 2 is 2.05 bits per heavy atom. The standard InChI is InChI=1S/C16H14N2OS/c1-16(2,19)15-11(5-6-20-15)13-9-18-14-4-3-10(8-17)7-12(13)14/h3-7,9,18-19H,1-2H3. The van der Waals surface area contributed by atoms with Crippen molar-refractivity contribution in [2.45, 2.75) is 19.4 Å². The number of fused-ring (bicyclic) bond motifs is 1. The molecule has 2 aromatic heterocycles. The molecule has 0 atom stereocenters. The van der Waals surface area contributed by atoms with E-state index in [1.807, 2.05) is 29.8 Å². The summed E-state index contributed by atoms with van der Waals surface area (Å²) in [7, 11) is 0. The minimum Gasteiger partial charge on any atom is -0.385 e. The summed E-state index contributed by atoms with van der Waals surface area (Å²) >= 11 is 1.54. The number of nitrogens with zero attached hydrogens (tertiary/aromatic N) is 1. The molecule has 2 N–H and O–H groups in total. The van der Waals surface area contributed by atoms with Crippen molar-refractivity contribution in [2.75, 3.05) is 0 Å². The lowest BCUT2D eigenvalue weighted by Crippen LogP contribution is -2.14. The number of thiophene rings is 1. The molecule has 4 heteroatoms. The van der Waals surface area contributed by atoms with Gasteiger partial charge in [-0.3, -0.25) is 0 Å². The summed E-state index contributed by atoms with van der Waals surface area (Å²) in [4.78, 5) is 4.15. The highest BCUT2D eigenvalue weighted by molar-refractivity contribution is 7.10. The summed E-state index contributed by atoms with van der Waals surface area (Å²) in [5, 5.41) is 22.3. The first-order valence-electron chi connectivity index (χ1n) is 6.32. The van der Waals surface area contributed by atoms with Gasteiger partial charge >= 0.3 is 0 Å². The van der Waals surface area contributed by atoms with E-state index in [0.29, 0.717) is 5.56 Å². The average Bonchev–Trinajstić information content (AvgIpc) is 3.02. The van der Waals surface area contributed by atoms with Crippen molar-refractivity contribution in [3.63, 3.8) is 0 Å². The Labute approximate surface area is 121 Å². The van der Waals surface area contributed by atoms with Crippen molar-refractivity contribution < 1.29 is 5.11 Å². The third kappa shape index (κ3) is 2.01. The molecule has 20 heavy (non-hydrogen) atoms. The van der Waals surface area contributed by atoms with Gasteiger partial charge in [0.15, 0.2) is 0 Å². The maximum absolute atomic E-state index is 10.3. The molecule has 0 bridgehead atoms. The van der Waals surface area contributed by atoms with Gasteiger partial charge in [-0.2, -0.15) is 5.26 Å². The van der Waals surface area contributed by atoms with E-state index >= 15 is 0 Å². The van der Waals surface area contributed by atoms with E-state index in [2.05, 4.69) is 11.1 Å². The minimum atomic E-state index is -0.875. The topological polar surface area (TPSA) is 59.8 Å². The van der Waals surface area contributed by atoms with Gasteiger partial charge in [0.25, 0.3) is 0 Å². The van der Waals surface area contributed by atoms with Crippen LogP contribution in [0.25, 0.3) is 22.0 Å². The van der Waals surface area contributed by atoms with E-state index in [1.165, 1.54) is 0 Å². The molecule has 0 aliphatic heterocycles. The molecule has 3 aromatic rings. The fourth-order valence-electron chi connectivity index (χ4n) is 2.41. The first kappa shape index (κ1) is 12.9. The maximum Gasteiger partial charge on any atom is 0.0991 e. The fourth-order valence-corrected chi connectivity index (χ4v) is 3.34. The third-order valence-corrected chi connectivity index (χ3v) is 4.55. The number of hydrogen-bond donors (Lipinski definition) is 2. The molecule has 1 aromatic carbocycles. The van der Waals surface area contributed by atoms with Gasteiger partial charge in [-0.25, -0.2) is 0 Å². The summed E-state index contributed by atoms with van der Waals surface area (Å²) in [6, 6.07) is 9.77. The summed E-state index contributed by atoms with van der Waals surface area (Å²) < 4.78 is 0. The van der Waals surface area contributed by atoms with E-state index in [-0.39, 0.29) is 0 Å². The van der Waals surface area contributed by atoms with Crippen molar-refractivity contribution in [1.82, 2.24) is 4.98 Å². The van der Waals surface area contributed by atoms with Crippen molar-refractivity contribution in [3.8, 4) is 17.2 Å². The Morgan fingerprint density at radius 1 is 1.25 bits per heavy atom. The first-order chi connectivity index (χ1) is 9.50. The summed E-state index contributed by atoms with van der Waals surface area (Å²) in [6.07, 6.45) is 1.93. The van der Waals surface area contributed by atoms with E-state index in [0.717, 1.165) is 26.9 Å². The van der Waals surface area contributed by atoms with Crippen LogP contribution in [0.2, 0.25) is 0 Å². The highest BCUT2D eigenvalue weighted by atomic mass is 32.1. The molecule has 2 heterocycles. The highest BCUT2D eigenvalue weighted by Gasteiger charge is 2.23. The van der Waals surface area contributed by atoms with Gasteiger partial charge in [0, 0.05) is 33.1 Å². The van der Waals surface area contributed by atoms with Gasteiger partial charge < -0.3 is 10.1 Å². The van der Waals surface area contributed by atoms with Crippen LogP contribution in [0.5, 0.6) is 0 Å². The SMILES string of the molecule is CC(C)(O)c1sccc1-c1c[nH]c2ccc(C#N)cc12. The van der Waals surface area contributed by atoms with Crippen LogP contribution in [0.15, 0.2) is 35.8 Å². The number of aromatic nitrogens is 1. The van der Waals surface area contributed by atoms with Gasteiger partial charge in [0.2, 0.25) is 0 Å². The number of nitrogens with one attached hydrogen (secondary N) is 1. The molecule has 3 nitrogen and oxygen atoms in total. The average molecular weight is 282 g/mol. The zero-order chi connectivity index (χ0) is 14.3. The monoisotopic (exact) mass is 282 g/mol. The summed E-state index contributed by atoms with van der Waals surface area (Å²) in [5.41, 5.74) is 2.80. The van der Waals surface area contributed by atoms with Crippen molar-refractivity contribution in [2.24, 2.45) is 0 Å². The number of aliphatic hydroxyl groups is 1. The second kappa shape index (κ2) is 4.48. The molecule has 3 rings (SSSR count). The fraction of sp³-hybridized carbons (Fsp3) is 0.188.